The molecule has 33 heavy (non-hydrogen) atoms. The van der Waals surface area contributed by atoms with E-state index in [2.05, 4.69) is 30.8 Å². The van der Waals surface area contributed by atoms with E-state index >= 15 is 0 Å². The van der Waals surface area contributed by atoms with E-state index in [9.17, 15) is 13.2 Å². The Labute approximate surface area is 192 Å². The van der Waals surface area contributed by atoms with Crippen molar-refractivity contribution in [1.29, 1.82) is 0 Å². The van der Waals surface area contributed by atoms with E-state index in [0.717, 1.165) is 11.1 Å². The number of pyridine rings is 2. The molecule has 0 spiro atoms. The van der Waals surface area contributed by atoms with E-state index in [1.807, 2.05) is 20.8 Å². The summed E-state index contributed by atoms with van der Waals surface area (Å²) in [5, 5.41) is 14.5. The van der Waals surface area contributed by atoms with Crippen LogP contribution in [0.5, 0.6) is 0 Å². The molecule has 1 amide bonds. The smallest absolute Gasteiger partial charge is 0.275 e. The molecule has 0 atom stereocenters. The second-order valence-electron chi connectivity index (χ2n) is 8.14. The standard InChI is InChI=1S/C21H26N8O3S/c1-4-10-33(31,32)28-9-8-15-12-22-18(11-16(15)13-28)21(30)24-19-7-5-6-17(23-19)20-25-26-27-29(20)14(2)3/h5-7,11-12,14H,4,8-10,13H2,1-3H3,(H,23,24,30). The van der Waals surface area contributed by atoms with E-state index < -0.39 is 15.9 Å². The topological polar surface area (TPSA) is 136 Å². The summed E-state index contributed by atoms with van der Waals surface area (Å²) in [5.74, 6) is 0.520. The van der Waals surface area contributed by atoms with Gasteiger partial charge in [-0.2, -0.15) is 4.31 Å². The maximum absolute atomic E-state index is 12.9. The maximum atomic E-state index is 12.9. The Hall–Kier alpha value is -3.25. The molecule has 0 aromatic carbocycles. The minimum Gasteiger partial charge on any atom is -0.305 e. The van der Waals surface area contributed by atoms with E-state index in [1.54, 1.807) is 35.1 Å². The molecule has 174 valence electrons. The number of tetrazole rings is 1. The highest BCUT2D eigenvalue weighted by Crippen LogP contribution is 2.23. The first kappa shape index (κ1) is 22.9. The molecular formula is C21H26N8O3S. The fourth-order valence-electron chi connectivity index (χ4n) is 3.68. The maximum Gasteiger partial charge on any atom is 0.275 e. The molecule has 1 N–H and O–H groups in total. The number of rotatable bonds is 7. The molecule has 4 rings (SSSR count). The molecule has 0 bridgehead atoms. The van der Waals surface area contributed by atoms with Crippen molar-refractivity contribution in [2.45, 2.75) is 46.2 Å². The Kier molecular flexibility index (Phi) is 6.47. The van der Waals surface area contributed by atoms with Crippen molar-refractivity contribution in [2.24, 2.45) is 0 Å². The van der Waals surface area contributed by atoms with Crippen LogP contribution in [-0.4, -0.2) is 61.1 Å². The van der Waals surface area contributed by atoms with Gasteiger partial charge in [0.15, 0.2) is 0 Å². The van der Waals surface area contributed by atoms with Crippen LogP contribution >= 0.6 is 0 Å². The molecule has 1 aliphatic heterocycles. The van der Waals surface area contributed by atoms with Crippen molar-refractivity contribution in [2.75, 3.05) is 17.6 Å². The highest BCUT2D eigenvalue weighted by molar-refractivity contribution is 7.89. The molecule has 0 saturated carbocycles. The van der Waals surface area contributed by atoms with Gasteiger partial charge in [-0.05, 0) is 66.4 Å². The van der Waals surface area contributed by atoms with Gasteiger partial charge in [-0.1, -0.05) is 13.0 Å². The summed E-state index contributed by atoms with van der Waals surface area (Å²) in [6.07, 6.45) is 2.78. The number of carbonyl (C=O) groups excluding carboxylic acids is 1. The van der Waals surface area contributed by atoms with Crippen LogP contribution in [0.25, 0.3) is 11.5 Å². The van der Waals surface area contributed by atoms with Crippen LogP contribution in [0, 0.1) is 0 Å². The van der Waals surface area contributed by atoms with Gasteiger partial charge in [-0.15, -0.1) is 5.10 Å². The van der Waals surface area contributed by atoms with Crippen LogP contribution in [0.1, 0.15) is 54.8 Å². The zero-order valence-corrected chi connectivity index (χ0v) is 19.6. The molecule has 4 heterocycles. The summed E-state index contributed by atoms with van der Waals surface area (Å²) in [5.41, 5.74) is 2.47. The lowest BCUT2D eigenvalue weighted by molar-refractivity contribution is 0.102. The Morgan fingerprint density at radius 2 is 2.06 bits per heavy atom. The molecule has 12 heteroatoms. The number of fused-ring (bicyclic) bond motifs is 1. The second kappa shape index (κ2) is 9.32. The first-order valence-electron chi connectivity index (χ1n) is 10.8. The first-order valence-corrected chi connectivity index (χ1v) is 12.4. The van der Waals surface area contributed by atoms with Crippen LogP contribution in [0.3, 0.4) is 0 Å². The fourth-order valence-corrected chi connectivity index (χ4v) is 5.16. The third kappa shape index (κ3) is 4.91. The van der Waals surface area contributed by atoms with Gasteiger partial charge in [-0.3, -0.25) is 9.78 Å². The summed E-state index contributed by atoms with van der Waals surface area (Å²) in [4.78, 5) is 21.6. The van der Waals surface area contributed by atoms with Gasteiger partial charge in [0.05, 0.1) is 11.8 Å². The molecule has 3 aromatic heterocycles. The zero-order valence-electron chi connectivity index (χ0n) is 18.8. The SMILES string of the molecule is CCCS(=O)(=O)N1CCc2cnc(C(=O)Nc3cccc(-c4nnnn4C(C)C)n3)cc2C1. The van der Waals surface area contributed by atoms with Gasteiger partial charge in [-0.25, -0.2) is 18.1 Å². The molecule has 0 saturated heterocycles. The third-order valence-electron chi connectivity index (χ3n) is 5.35. The van der Waals surface area contributed by atoms with Gasteiger partial charge in [0.1, 0.15) is 17.2 Å². The van der Waals surface area contributed by atoms with Crippen LogP contribution in [-0.2, 0) is 23.0 Å². The van der Waals surface area contributed by atoms with Crippen molar-refractivity contribution in [3.05, 3.63) is 47.3 Å². The van der Waals surface area contributed by atoms with Gasteiger partial charge in [0.2, 0.25) is 15.8 Å². The van der Waals surface area contributed by atoms with Crippen LogP contribution in [0.4, 0.5) is 5.82 Å². The van der Waals surface area contributed by atoms with Crippen LogP contribution in [0.2, 0.25) is 0 Å². The normalized spacial score (nSPS) is 14.3. The summed E-state index contributed by atoms with van der Waals surface area (Å²) in [6, 6.07) is 6.90. The van der Waals surface area contributed by atoms with E-state index in [4.69, 9.17) is 0 Å². The lowest BCUT2D eigenvalue weighted by Gasteiger charge is -2.28. The van der Waals surface area contributed by atoms with Gasteiger partial charge in [0.25, 0.3) is 5.91 Å². The Bertz CT molecular complexity index is 1270. The largest absolute Gasteiger partial charge is 0.305 e. The average molecular weight is 471 g/mol. The number of carbonyl (C=O) groups is 1. The summed E-state index contributed by atoms with van der Waals surface area (Å²) in [7, 11) is -3.31. The fraction of sp³-hybridized carbons (Fsp3) is 0.429. The number of nitrogens with zero attached hydrogens (tertiary/aromatic N) is 7. The minimum absolute atomic E-state index is 0.0513. The highest BCUT2D eigenvalue weighted by atomic mass is 32.2. The number of nitrogens with one attached hydrogen (secondary N) is 1. The number of amides is 1. The molecule has 0 radical (unpaired) electrons. The number of aromatic nitrogens is 6. The van der Waals surface area contributed by atoms with Crippen LogP contribution < -0.4 is 5.32 Å². The Morgan fingerprint density at radius 3 is 2.82 bits per heavy atom. The quantitative estimate of drug-likeness (QED) is 0.554. The van der Waals surface area contributed by atoms with Gasteiger partial charge in [0, 0.05) is 19.3 Å². The lowest BCUT2D eigenvalue weighted by Crippen LogP contribution is -2.37. The summed E-state index contributed by atoms with van der Waals surface area (Å²) < 4.78 is 28.0. The second-order valence-corrected chi connectivity index (χ2v) is 10.2. The molecular weight excluding hydrogens is 444 g/mol. The number of anilines is 1. The van der Waals surface area contributed by atoms with Crippen molar-refractivity contribution in [3.63, 3.8) is 0 Å². The van der Waals surface area contributed by atoms with Crippen molar-refractivity contribution >= 4 is 21.7 Å². The average Bonchev–Trinajstić information content (AvgIpc) is 3.29. The molecule has 0 aliphatic carbocycles. The molecule has 11 nitrogen and oxygen atoms in total. The number of hydrogen-bond acceptors (Lipinski definition) is 8. The van der Waals surface area contributed by atoms with Gasteiger partial charge < -0.3 is 5.32 Å². The highest BCUT2D eigenvalue weighted by Gasteiger charge is 2.27. The monoisotopic (exact) mass is 470 g/mol. The predicted molar refractivity (Wildman–Crippen MR) is 122 cm³/mol. The number of sulfonamides is 1. The van der Waals surface area contributed by atoms with Crippen molar-refractivity contribution in [3.8, 4) is 11.5 Å². The minimum atomic E-state index is -3.31. The first-order chi connectivity index (χ1) is 15.8. The van der Waals surface area contributed by atoms with E-state index in [0.29, 0.717) is 36.7 Å². The molecule has 3 aromatic rings. The predicted octanol–water partition coefficient (Wildman–Crippen LogP) is 2.06. The Morgan fingerprint density at radius 1 is 1.24 bits per heavy atom. The van der Waals surface area contributed by atoms with Crippen molar-refractivity contribution < 1.29 is 13.2 Å². The summed E-state index contributed by atoms with van der Waals surface area (Å²) in [6.45, 7) is 6.43. The lowest BCUT2D eigenvalue weighted by atomic mass is 10.0. The van der Waals surface area contributed by atoms with E-state index in [-0.39, 0.29) is 24.0 Å². The molecule has 1 aliphatic rings. The zero-order chi connectivity index (χ0) is 23.6. The summed E-state index contributed by atoms with van der Waals surface area (Å²) >= 11 is 0. The van der Waals surface area contributed by atoms with Crippen LogP contribution in [0.15, 0.2) is 30.5 Å². The Balaban J connectivity index is 1.53. The van der Waals surface area contributed by atoms with Crippen molar-refractivity contribution in [1.82, 2.24) is 34.5 Å². The third-order valence-corrected chi connectivity index (χ3v) is 7.37. The van der Waals surface area contributed by atoms with Gasteiger partial charge >= 0.3 is 0 Å². The van der Waals surface area contributed by atoms with E-state index in [1.165, 1.54) is 4.31 Å². The molecule has 0 fully saturated rings. The molecule has 0 unspecified atom stereocenters. The number of hydrogen-bond donors (Lipinski definition) is 1.